The number of amides is 5. The van der Waals surface area contributed by atoms with Gasteiger partial charge in [-0.05, 0) is 57.9 Å². The minimum Gasteiger partial charge on any atom is -0.444 e. The number of primary amides is 1. The largest absolute Gasteiger partial charge is 0.444 e. The summed E-state index contributed by atoms with van der Waals surface area (Å²) in [6.45, 7) is 15.5. The van der Waals surface area contributed by atoms with Gasteiger partial charge in [0.25, 0.3) is 0 Å². The summed E-state index contributed by atoms with van der Waals surface area (Å²) in [7, 11) is 0. The monoisotopic (exact) mass is 690 g/mol. The lowest BCUT2D eigenvalue weighted by atomic mass is 9.92. The van der Waals surface area contributed by atoms with Crippen LogP contribution in [0.1, 0.15) is 87.1 Å². The summed E-state index contributed by atoms with van der Waals surface area (Å²) >= 11 is 0. The number of Topliss-reactive ketones (excluding diaryl/α,β-unsaturated/α-hetero) is 1. The molecule has 1 rings (SSSR count). The van der Waals surface area contributed by atoms with Crippen molar-refractivity contribution in [1.82, 2.24) is 26.6 Å². The van der Waals surface area contributed by atoms with Crippen molar-refractivity contribution < 1.29 is 38.6 Å². The minimum atomic E-state index is -1.30. The number of aliphatic hydroxyl groups is 1. The number of carbonyl (C=O) groups is 6. The Balaban J connectivity index is 2.86. The summed E-state index contributed by atoms with van der Waals surface area (Å²) < 4.78 is 5.25. The maximum Gasteiger partial charge on any atom is 0.408 e. The van der Waals surface area contributed by atoms with Gasteiger partial charge in [0.05, 0.1) is 25.1 Å². The van der Waals surface area contributed by atoms with Gasteiger partial charge in [-0.15, -0.1) is 0 Å². The van der Waals surface area contributed by atoms with E-state index in [4.69, 9.17) is 10.5 Å². The van der Waals surface area contributed by atoms with Crippen LogP contribution in [0.4, 0.5) is 4.79 Å². The number of rotatable bonds is 20. The van der Waals surface area contributed by atoms with Gasteiger partial charge in [-0.3, -0.25) is 24.0 Å². The topological polar surface area (TPSA) is 218 Å². The molecule has 0 saturated heterocycles. The minimum absolute atomic E-state index is 0.0383. The van der Waals surface area contributed by atoms with Gasteiger partial charge >= 0.3 is 6.09 Å². The average Bonchev–Trinajstić information content (AvgIpc) is 2.98. The van der Waals surface area contributed by atoms with E-state index in [0.29, 0.717) is 13.0 Å². The first kappa shape index (κ1) is 43.0. The number of carbonyl (C=O) groups excluding carboxylic acids is 6. The quantitative estimate of drug-likeness (QED) is 0.106. The first-order valence-corrected chi connectivity index (χ1v) is 16.8. The SMILES string of the molecule is CC(C)C[C@H](NCC(=O)[C@H](CC(N)=O)NC(=O)[C@@H](NC(=O)OC(C)(C)C)C(C)C)[C@@H](O)C[C@@H](C)C(=O)N[C@@H](C)C(=O)NCc1ccccc1. The molecule has 0 saturated carbocycles. The molecule has 0 aliphatic carbocycles. The smallest absolute Gasteiger partial charge is 0.408 e. The molecule has 6 atom stereocenters. The molecule has 0 fully saturated rings. The van der Waals surface area contributed by atoms with Gasteiger partial charge in [-0.1, -0.05) is 65.0 Å². The molecule has 0 aliphatic rings. The molecule has 0 unspecified atom stereocenters. The molecule has 5 amide bonds. The van der Waals surface area contributed by atoms with E-state index >= 15 is 0 Å². The number of ketones is 1. The van der Waals surface area contributed by atoms with Crippen LogP contribution < -0.4 is 32.3 Å². The predicted molar refractivity (Wildman–Crippen MR) is 186 cm³/mol. The zero-order valence-corrected chi connectivity index (χ0v) is 30.4. The van der Waals surface area contributed by atoms with Crippen molar-refractivity contribution in [1.29, 1.82) is 0 Å². The molecule has 0 spiro atoms. The maximum absolute atomic E-state index is 13.3. The molecular weight excluding hydrogens is 632 g/mol. The van der Waals surface area contributed by atoms with Crippen LogP contribution in [0.3, 0.4) is 0 Å². The third-order valence-electron chi connectivity index (χ3n) is 7.56. The van der Waals surface area contributed by atoms with Gasteiger partial charge in [-0.25, -0.2) is 4.79 Å². The van der Waals surface area contributed by atoms with Gasteiger partial charge in [-0.2, -0.15) is 0 Å². The fourth-order valence-electron chi connectivity index (χ4n) is 4.91. The van der Waals surface area contributed by atoms with E-state index in [1.807, 2.05) is 44.2 Å². The van der Waals surface area contributed by atoms with Gasteiger partial charge in [0.2, 0.25) is 23.6 Å². The molecule has 14 nitrogen and oxygen atoms in total. The second-order valence-electron chi connectivity index (χ2n) is 14.3. The third-order valence-corrected chi connectivity index (χ3v) is 7.56. The molecule has 0 heterocycles. The van der Waals surface area contributed by atoms with Gasteiger partial charge in [0, 0.05) is 18.5 Å². The Hall–Kier alpha value is -4.04. The zero-order chi connectivity index (χ0) is 37.5. The summed E-state index contributed by atoms with van der Waals surface area (Å²) in [4.78, 5) is 76.1. The van der Waals surface area contributed by atoms with Crippen LogP contribution in [0.2, 0.25) is 0 Å². The van der Waals surface area contributed by atoms with Crippen molar-refractivity contribution in [3.63, 3.8) is 0 Å². The molecule has 0 radical (unpaired) electrons. The van der Waals surface area contributed by atoms with Crippen molar-refractivity contribution in [3.05, 3.63) is 35.9 Å². The highest BCUT2D eigenvalue weighted by Gasteiger charge is 2.32. The number of aliphatic hydroxyl groups excluding tert-OH is 1. The fraction of sp³-hybridized carbons (Fsp3) is 0.657. The van der Waals surface area contributed by atoms with Crippen molar-refractivity contribution in [2.24, 2.45) is 23.5 Å². The van der Waals surface area contributed by atoms with Crippen molar-refractivity contribution in [2.75, 3.05) is 6.54 Å². The number of nitrogens with two attached hydrogens (primary N) is 1. The van der Waals surface area contributed by atoms with E-state index in [0.717, 1.165) is 5.56 Å². The standard InChI is InChI=1S/C35H58N6O8/c1-20(2)15-25(27(42)16-22(5)31(45)39-23(6)32(46)38-18-24-13-11-10-12-14-24)37-19-28(43)26(17-29(36)44)40-33(47)30(21(3)4)41-34(48)49-35(7,8)9/h10-14,20-23,25-27,30,37,42H,15-19H2,1-9H3,(H2,36,44)(H,38,46)(H,39,45)(H,40,47)(H,41,48)/t22-,23+,25+,26+,27+,30+/m1/s1. The number of nitrogens with one attached hydrogen (secondary N) is 5. The Labute approximate surface area is 290 Å². The normalized spacial score (nSPS) is 15.3. The van der Waals surface area contributed by atoms with Crippen LogP contribution in [-0.4, -0.2) is 83.0 Å². The average molecular weight is 691 g/mol. The summed E-state index contributed by atoms with van der Waals surface area (Å²) in [5, 5.41) is 24.7. The second kappa shape index (κ2) is 20.5. The number of hydrogen-bond acceptors (Lipinski definition) is 9. The predicted octanol–water partition coefficient (Wildman–Crippen LogP) is 1.68. The molecule has 49 heavy (non-hydrogen) atoms. The van der Waals surface area contributed by atoms with Crippen LogP contribution in [-0.2, 0) is 35.3 Å². The van der Waals surface area contributed by atoms with Crippen LogP contribution >= 0.6 is 0 Å². The maximum atomic E-state index is 13.3. The summed E-state index contributed by atoms with van der Waals surface area (Å²) in [6, 6.07) is 5.59. The molecule has 1 aromatic rings. The molecular formula is C35H58N6O8. The lowest BCUT2D eigenvalue weighted by Gasteiger charge is -2.29. The number of alkyl carbamates (subject to hydrolysis) is 1. The van der Waals surface area contributed by atoms with E-state index in [1.54, 1.807) is 48.5 Å². The van der Waals surface area contributed by atoms with Crippen molar-refractivity contribution in [2.45, 2.75) is 124 Å². The van der Waals surface area contributed by atoms with Crippen LogP contribution in [0.15, 0.2) is 30.3 Å². The lowest BCUT2D eigenvalue weighted by Crippen LogP contribution is -2.56. The first-order valence-electron chi connectivity index (χ1n) is 16.8. The molecule has 1 aromatic carbocycles. The molecule has 8 N–H and O–H groups in total. The Morgan fingerprint density at radius 2 is 1.45 bits per heavy atom. The molecule has 0 aromatic heterocycles. The summed E-state index contributed by atoms with van der Waals surface area (Å²) in [5.41, 5.74) is 5.51. The van der Waals surface area contributed by atoms with Crippen LogP contribution in [0.5, 0.6) is 0 Å². The Morgan fingerprint density at radius 3 is 1.98 bits per heavy atom. The van der Waals surface area contributed by atoms with E-state index in [9.17, 15) is 33.9 Å². The number of hydrogen-bond donors (Lipinski definition) is 7. The lowest BCUT2D eigenvalue weighted by molar-refractivity contribution is -0.131. The summed E-state index contributed by atoms with van der Waals surface area (Å²) in [5.74, 6) is -3.78. The molecule has 0 bridgehead atoms. The highest BCUT2D eigenvalue weighted by Crippen LogP contribution is 2.16. The summed E-state index contributed by atoms with van der Waals surface area (Å²) in [6.07, 6.45) is -1.85. The van der Waals surface area contributed by atoms with Crippen molar-refractivity contribution >= 4 is 35.5 Å². The van der Waals surface area contributed by atoms with Gasteiger partial charge < -0.3 is 42.2 Å². The Kier molecular flexibility index (Phi) is 18.0. The molecule has 0 aliphatic heterocycles. The first-order chi connectivity index (χ1) is 22.7. The van der Waals surface area contributed by atoms with E-state index in [2.05, 4.69) is 26.6 Å². The number of benzene rings is 1. The van der Waals surface area contributed by atoms with E-state index in [-0.39, 0.29) is 30.7 Å². The van der Waals surface area contributed by atoms with Crippen LogP contribution in [0.25, 0.3) is 0 Å². The third kappa shape index (κ3) is 17.3. The van der Waals surface area contributed by atoms with Gasteiger partial charge in [0.1, 0.15) is 17.7 Å². The molecule has 14 heteroatoms. The Bertz CT molecular complexity index is 1250. The molecule has 276 valence electrons. The van der Waals surface area contributed by atoms with E-state index < -0.39 is 77.8 Å². The van der Waals surface area contributed by atoms with Gasteiger partial charge in [0.15, 0.2) is 5.78 Å². The van der Waals surface area contributed by atoms with Crippen molar-refractivity contribution in [3.8, 4) is 0 Å². The van der Waals surface area contributed by atoms with Crippen LogP contribution in [0, 0.1) is 17.8 Å². The second-order valence-corrected chi connectivity index (χ2v) is 14.3. The van der Waals surface area contributed by atoms with E-state index in [1.165, 1.54) is 0 Å². The number of ether oxygens (including phenoxy) is 1. The fourth-order valence-corrected chi connectivity index (χ4v) is 4.91. The zero-order valence-electron chi connectivity index (χ0n) is 30.4. The highest BCUT2D eigenvalue weighted by atomic mass is 16.6. The Morgan fingerprint density at radius 1 is 0.837 bits per heavy atom. The highest BCUT2D eigenvalue weighted by molar-refractivity contribution is 5.95.